The van der Waals surface area contributed by atoms with Gasteiger partial charge in [0.05, 0.1) is 16.7 Å². The van der Waals surface area contributed by atoms with E-state index in [1.54, 1.807) is 36.4 Å². The topological polar surface area (TPSA) is 128 Å². The normalized spacial score (nSPS) is 11.3. The van der Waals surface area contributed by atoms with Gasteiger partial charge in [0.15, 0.2) is 0 Å². The molecule has 3 aromatic rings. The summed E-state index contributed by atoms with van der Waals surface area (Å²) < 4.78 is 30.3. The van der Waals surface area contributed by atoms with Crippen LogP contribution in [0.1, 0.15) is 15.9 Å². The van der Waals surface area contributed by atoms with Crippen molar-refractivity contribution in [1.29, 1.82) is 0 Å². The van der Waals surface area contributed by atoms with E-state index in [2.05, 4.69) is 26.5 Å². The van der Waals surface area contributed by atoms with E-state index in [0.717, 1.165) is 24.3 Å². The lowest BCUT2D eigenvalue weighted by atomic mass is 10.2. The highest BCUT2D eigenvalue weighted by Crippen LogP contribution is 2.21. The molecular formula is C20H14BrN3O6S. The first-order valence-corrected chi connectivity index (χ1v) is 10.8. The number of rotatable bonds is 7. The highest BCUT2D eigenvalue weighted by atomic mass is 79.9. The van der Waals surface area contributed by atoms with Crippen LogP contribution in [0, 0.1) is 10.1 Å². The molecule has 0 saturated heterocycles. The fraction of sp³-hybridized carbons (Fsp3) is 0. The Morgan fingerprint density at radius 1 is 1.03 bits per heavy atom. The summed E-state index contributed by atoms with van der Waals surface area (Å²) in [7, 11) is -4.15. The Morgan fingerprint density at radius 2 is 1.68 bits per heavy atom. The van der Waals surface area contributed by atoms with Crippen LogP contribution in [-0.4, -0.2) is 25.5 Å². The summed E-state index contributed by atoms with van der Waals surface area (Å²) in [5, 5.41) is 14.5. The molecule has 0 aliphatic heterocycles. The van der Waals surface area contributed by atoms with Crippen LogP contribution in [0.4, 0.5) is 5.69 Å². The zero-order valence-electron chi connectivity index (χ0n) is 15.6. The van der Waals surface area contributed by atoms with Gasteiger partial charge in [0.2, 0.25) is 0 Å². The summed E-state index contributed by atoms with van der Waals surface area (Å²) in [6.45, 7) is 0. The smallest absolute Gasteiger partial charge is 0.339 e. The third kappa shape index (κ3) is 5.74. The van der Waals surface area contributed by atoms with Crippen LogP contribution in [0.25, 0.3) is 0 Å². The van der Waals surface area contributed by atoms with Crippen LogP contribution in [0.15, 0.2) is 87.3 Å². The Bertz CT molecular complexity index is 1240. The number of carbonyl (C=O) groups is 1. The number of amides is 1. The van der Waals surface area contributed by atoms with Gasteiger partial charge < -0.3 is 4.18 Å². The lowest BCUT2D eigenvalue weighted by Crippen LogP contribution is -2.18. The maximum absolute atomic E-state index is 12.3. The molecule has 0 spiro atoms. The van der Waals surface area contributed by atoms with Gasteiger partial charge in [-0.25, -0.2) is 5.43 Å². The number of halogens is 1. The Labute approximate surface area is 185 Å². The fourth-order valence-corrected chi connectivity index (χ4v) is 3.78. The minimum Gasteiger partial charge on any atom is -0.379 e. The van der Waals surface area contributed by atoms with Crippen molar-refractivity contribution in [2.75, 3.05) is 0 Å². The first-order chi connectivity index (χ1) is 14.8. The van der Waals surface area contributed by atoms with E-state index in [1.165, 1.54) is 18.3 Å². The Morgan fingerprint density at radius 3 is 2.29 bits per heavy atom. The first-order valence-electron chi connectivity index (χ1n) is 8.63. The Kier molecular flexibility index (Phi) is 6.78. The number of hydrogen-bond donors (Lipinski definition) is 1. The number of benzene rings is 3. The zero-order chi connectivity index (χ0) is 22.4. The van der Waals surface area contributed by atoms with Gasteiger partial charge in [-0.2, -0.15) is 13.5 Å². The fourth-order valence-electron chi connectivity index (χ4n) is 2.39. The Hall–Kier alpha value is -3.57. The maximum Gasteiger partial charge on any atom is 0.339 e. The van der Waals surface area contributed by atoms with Crippen LogP contribution >= 0.6 is 15.9 Å². The van der Waals surface area contributed by atoms with Crippen molar-refractivity contribution < 1.29 is 22.3 Å². The van der Waals surface area contributed by atoms with Crippen molar-refractivity contribution in [2.24, 2.45) is 5.10 Å². The molecule has 0 bridgehead atoms. The monoisotopic (exact) mass is 503 g/mol. The van der Waals surface area contributed by atoms with Gasteiger partial charge in [-0.05, 0) is 70.0 Å². The molecular weight excluding hydrogens is 490 g/mol. The third-order valence-corrected chi connectivity index (χ3v) is 5.87. The van der Waals surface area contributed by atoms with E-state index >= 15 is 0 Å². The molecule has 0 fully saturated rings. The number of nitrogens with one attached hydrogen (secondary N) is 1. The summed E-state index contributed by atoms with van der Waals surface area (Å²) in [5.41, 5.74) is 3.19. The second-order valence-electron chi connectivity index (χ2n) is 6.04. The molecule has 0 atom stereocenters. The summed E-state index contributed by atoms with van der Waals surface area (Å²) in [6, 6.07) is 17.2. The average molecular weight is 504 g/mol. The molecule has 0 aliphatic carbocycles. The van der Waals surface area contributed by atoms with Gasteiger partial charge in [-0.15, -0.1) is 0 Å². The summed E-state index contributed by atoms with van der Waals surface area (Å²) in [6.07, 6.45) is 1.39. The van der Waals surface area contributed by atoms with E-state index in [9.17, 15) is 23.3 Å². The molecule has 0 radical (unpaired) electrons. The number of nitrogens with zero attached hydrogens (tertiary/aromatic N) is 2. The summed E-state index contributed by atoms with van der Waals surface area (Å²) >= 11 is 3.29. The predicted molar refractivity (Wildman–Crippen MR) is 117 cm³/mol. The van der Waals surface area contributed by atoms with Crippen molar-refractivity contribution in [2.45, 2.75) is 4.90 Å². The first kappa shape index (κ1) is 22.1. The van der Waals surface area contributed by atoms with Crippen molar-refractivity contribution >= 4 is 43.9 Å². The minimum absolute atomic E-state index is 0.0488. The highest BCUT2D eigenvalue weighted by molar-refractivity contribution is 9.10. The lowest BCUT2D eigenvalue weighted by molar-refractivity contribution is -0.384. The highest BCUT2D eigenvalue weighted by Gasteiger charge is 2.18. The van der Waals surface area contributed by atoms with E-state index in [-0.39, 0.29) is 16.3 Å². The predicted octanol–water partition coefficient (Wildman–Crippen LogP) is 3.89. The molecule has 0 aromatic heterocycles. The number of hydrazone groups is 1. The summed E-state index contributed by atoms with van der Waals surface area (Å²) in [5.74, 6) is -0.342. The molecule has 11 heteroatoms. The molecule has 1 N–H and O–H groups in total. The SMILES string of the molecule is O=C(N/N=C\c1ccc(OS(=O)(=O)c2ccc([N+](=O)[O-])cc2)cc1)c1ccccc1Br. The van der Waals surface area contributed by atoms with Crippen molar-refractivity contribution in [3.05, 3.63) is 98.5 Å². The molecule has 1 amide bonds. The van der Waals surface area contributed by atoms with Gasteiger partial charge in [-0.3, -0.25) is 14.9 Å². The van der Waals surface area contributed by atoms with Crippen molar-refractivity contribution in [3.63, 3.8) is 0 Å². The molecule has 3 rings (SSSR count). The van der Waals surface area contributed by atoms with Gasteiger partial charge in [0.1, 0.15) is 10.6 Å². The average Bonchev–Trinajstić information content (AvgIpc) is 2.75. The van der Waals surface area contributed by atoms with E-state index in [1.807, 2.05) is 0 Å². The largest absolute Gasteiger partial charge is 0.379 e. The van der Waals surface area contributed by atoms with Gasteiger partial charge in [0, 0.05) is 16.6 Å². The molecule has 31 heavy (non-hydrogen) atoms. The van der Waals surface area contributed by atoms with Crippen LogP contribution < -0.4 is 9.61 Å². The molecule has 0 saturated carbocycles. The van der Waals surface area contributed by atoms with Gasteiger partial charge in [0.25, 0.3) is 11.6 Å². The second kappa shape index (κ2) is 9.49. The number of carbonyl (C=O) groups excluding carboxylic acids is 1. The quantitative estimate of drug-likeness (QED) is 0.225. The van der Waals surface area contributed by atoms with E-state index in [0.29, 0.717) is 15.6 Å². The molecule has 158 valence electrons. The molecule has 0 heterocycles. The number of non-ortho nitro benzene ring substituents is 1. The molecule has 0 aliphatic rings. The molecule has 3 aromatic carbocycles. The number of nitro groups is 1. The maximum atomic E-state index is 12.3. The zero-order valence-corrected chi connectivity index (χ0v) is 18.0. The van der Waals surface area contributed by atoms with Gasteiger partial charge >= 0.3 is 10.1 Å². The van der Waals surface area contributed by atoms with Crippen LogP contribution in [0.3, 0.4) is 0 Å². The number of nitro benzene ring substituents is 1. The minimum atomic E-state index is -4.15. The van der Waals surface area contributed by atoms with Crippen molar-refractivity contribution in [3.8, 4) is 5.75 Å². The van der Waals surface area contributed by atoms with Crippen LogP contribution in [0.5, 0.6) is 5.75 Å². The van der Waals surface area contributed by atoms with Gasteiger partial charge in [-0.1, -0.05) is 12.1 Å². The molecule has 9 nitrogen and oxygen atoms in total. The van der Waals surface area contributed by atoms with Crippen LogP contribution in [-0.2, 0) is 10.1 Å². The van der Waals surface area contributed by atoms with Crippen molar-refractivity contribution in [1.82, 2.24) is 5.43 Å². The lowest BCUT2D eigenvalue weighted by Gasteiger charge is -2.07. The second-order valence-corrected chi connectivity index (χ2v) is 8.44. The Balaban J connectivity index is 1.63. The molecule has 0 unspecified atom stereocenters. The van der Waals surface area contributed by atoms with Crippen LogP contribution in [0.2, 0.25) is 0 Å². The number of hydrogen-bond acceptors (Lipinski definition) is 7. The standard InChI is InChI=1S/C20H14BrN3O6S/c21-19-4-2-1-3-18(19)20(25)23-22-13-14-5-9-16(10-6-14)30-31(28,29)17-11-7-15(8-12-17)24(26)27/h1-13H,(H,23,25)/b22-13-. The van der Waals surface area contributed by atoms with E-state index < -0.39 is 20.9 Å². The summed E-state index contributed by atoms with van der Waals surface area (Å²) in [4.78, 5) is 21.9. The third-order valence-electron chi connectivity index (χ3n) is 3.92. The van der Waals surface area contributed by atoms with E-state index in [4.69, 9.17) is 4.18 Å².